The number of methoxy groups -OCH3 is 1. The first-order valence-corrected chi connectivity index (χ1v) is 11.5. The molecule has 0 bridgehead atoms. The highest BCUT2D eigenvalue weighted by Gasteiger charge is 2.16. The number of sulfone groups is 1. The molecule has 29 heavy (non-hydrogen) atoms. The molecule has 0 atom stereocenters. The van der Waals surface area contributed by atoms with Crippen LogP contribution in [0.2, 0.25) is 0 Å². The molecule has 0 saturated heterocycles. The van der Waals surface area contributed by atoms with Crippen molar-refractivity contribution in [2.45, 2.75) is 24.7 Å². The lowest BCUT2D eigenvalue weighted by molar-refractivity contribution is -0.116. The van der Waals surface area contributed by atoms with Gasteiger partial charge in [-0.3, -0.25) is 9.59 Å². The summed E-state index contributed by atoms with van der Waals surface area (Å²) in [4.78, 5) is 29.2. The van der Waals surface area contributed by atoms with Crippen molar-refractivity contribution in [3.05, 3.63) is 47.5 Å². The highest BCUT2D eigenvalue weighted by molar-refractivity contribution is 7.90. The number of Topliss-reactive ketones (excluding diaryl/α,β-unsaturated/α-hetero) is 1. The fourth-order valence-corrected chi connectivity index (χ4v) is 4.42. The molecule has 0 aliphatic rings. The Hall–Kier alpha value is -2.78. The molecule has 0 unspecified atom stereocenters. The number of aryl methyl sites for hydroxylation is 1. The van der Waals surface area contributed by atoms with Crippen molar-refractivity contribution in [1.29, 1.82) is 0 Å². The van der Waals surface area contributed by atoms with E-state index in [1.807, 2.05) is 13.0 Å². The highest BCUT2D eigenvalue weighted by Crippen LogP contribution is 2.28. The van der Waals surface area contributed by atoms with Gasteiger partial charge in [0.15, 0.2) is 20.8 Å². The van der Waals surface area contributed by atoms with Crippen LogP contribution >= 0.6 is 11.3 Å². The maximum Gasteiger partial charge on any atom is 0.226 e. The Balaban J connectivity index is 1.66. The third-order valence-corrected chi connectivity index (χ3v) is 6.31. The number of ether oxygens (including phenoxy) is 1. The summed E-state index contributed by atoms with van der Waals surface area (Å²) in [6.07, 6.45) is 1.17. The van der Waals surface area contributed by atoms with Crippen molar-refractivity contribution in [2.24, 2.45) is 0 Å². The molecule has 1 amide bonds. The quantitative estimate of drug-likeness (QED) is 0.572. The minimum absolute atomic E-state index is 0.000440. The first kappa shape index (κ1) is 20.9. The van der Waals surface area contributed by atoms with E-state index in [4.69, 9.17) is 4.74 Å². The number of nitrogens with one attached hydrogen (secondary N) is 1. The van der Waals surface area contributed by atoms with Crippen LogP contribution < -0.4 is 10.1 Å². The first-order chi connectivity index (χ1) is 13.7. The topological polar surface area (TPSA) is 102 Å². The molecule has 0 saturated carbocycles. The van der Waals surface area contributed by atoms with Crippen LogP contribution in [-0.2, 0) is 14.6 Å². The van der Waals surface area contributed by atoms with Crippen LogP contribution in [0.3, 0.4) is 0 Å². The molecule has 0 radical (unpaired) electrons. The van der Waals surface area contributed by atoms with E-state index in [0.29, 0.717) is 26.7 Å². The summed E-state index contributed by atoms with van der Waals surface area (Å²) in [7, 11) is -1.82. The molecule has 1 aromatic heterocycles. The van der Waals surface area contributed by atoms with Crippen LogP contribution in [0.5, 0.6) is 5.75 Å². The lowest BCUT2D eigenvalue weighted by Gasteiger charge is -2.08. The number of anilines is 1. The highest BCUT2D eigenvalue weighted by atomic mass is 32.2. The number of fused-ring (bicyclic) bond motifs is 1. The van der Waals surface area contributed by atoms with Crippen molar-refractivity contribution in [1.82, 2.24) is 4.98 Å². The number of benzene rings is 2. The maximum atomic E-state index is 12.5. The average Bonchev–Trinajstić information content (AvgIpc) is 3.06. The Morgan fingerprint density at radius 2 is 1.90 bits per heavy atom. The number of carbonyl (C=O) groups excluding carboxylic acids is 2. The monoisotopic (exact) mass is 432 g/mol. The van der Waals surface area contributed by atoms with Crippen molar-refractivity contribution in [3.8, 4) is 5.75 Å². The van der Waals surface area contributed by atoms with Crippen LogP contribution in [0, 0.1) is 6.92 Å². The first-order valence-electron chi connectivity index (χ1n) is 8.75. The van der Waals surface area contributed by atoms with Gasteiger partial charge in [0, 0.05) is 19.1 Å². The summed E-state index contributed by atoms with van der Waals surface area (Å²) in [5.74, 6) is -0.0379. The molecule has 0 fully saturated rings. The van der Waals surface area contributed by atoms with Gasteiger partial charge in [-0.25, -0.2) is 13.4 Å². The van der Waals surface area contributed by atoms with E-state index in [-0.39, 0.29) is 29.4 Å². The molecule has 0 aliphatic carbocycles. The number of carbonyl (C=O) groups is 2. The number of thiazole rings is 1. The van der Waals surface area contributed by atoms with Crippen molar-refractivity contribution < 1.29 is 22.7 Å². The maximum absolute atomic E-state index is 12.5. The second-order valence-corrected chi connectivity index (χ2v) is 9.64. The molecule has 0 spiro atoms. The molecule has 3 aromatic rings. The summed E-state index contributed by atoms with van der Waals surface area (Å²) in [6.45, 7) is 1.88. The van der Waals surface area contributed by atoms with Gasteiger partial charge in [0.25, 0.3) is 0 Å². The largest absolute Gasteiger partial charge is 0.496 e. The van der Waals surface area contributed by atoms with Crippen molar-refractivity contribution in [3.63, 3.8) is 0 Å². The second-order valence-electron chi connectivity index (χ2n) is 6.60. The van der Waals surface area contributed by atoms with Crippen LogP contribution in [0.25, 0.3) is 10.2 Å². The number of amides is 1. The van der Waals surface area contributed by atoms with Crippen molar-refractivity contribution >= 4 is 48.2 Å². The van der Waals surface area contributed by atoms with Gasteiger partial charge in [-0.1, -0.05) is 23.0 Å². The molecule has 0 aliphatic heterocycles. The third-order valence-electron chi connectivity index (χ3n) is 4.27. The molecule has 2 aromatic carbocycles. The molecule has 9 heteroatoms. The second kappa shape index (κ2) is 8.30. The summed E-state index contributed by atoms with van der Waals surface area (Å²) in [6, 6.07) is 9.94. The van der Waals surface area contributed by atoms with Gasteiger partial charge in [-0.15, -0.1) is 0 Å². The lowest BCUT2D eigenvalue weighted by atomic mass is 10.0. The van der Waals surface area contributed by atoms with E-state index in [1.54, 1.807) is 18.2 Å². The fourth-order valence-electron chi connectivity index (χ4n) is 2.77. The van der Waals surface area contributed by atoms with Gasteiger partial charge < -0.3 is 10.1 Å². The van der Waals surface area contributed by atoms with E-state index >= 15 is 0 Å². The standard InChI is InChI=1S/C20H20N2O5S2/c1-12-4-8-17(27-2)14(10-12)16(23)7-9-19(24)22-20-21-15-6-5-13(29(3,25)26)11-18(15)28-20/h4-6,8,10-11H,7,9H2,1-3H3,(H,21,22,24). The normalized spacial score (nSPS) is 11.4. The molecular formula is C20H20N2O5S2. The van der Waals surface area contributed by atoms with E-state index < -0.39 is 9.84 Å². The van der Waals surface area contributed by atoms with Gasteiger partial charge in [-0.2, -0.15) is 0 Å². The predicted octanol–water partition coefficient (Wildman–Crippen LogP) is 3.62. The zero-order valence-corrected chi connectivity index (χ0v) is 17.8. The number of rotatable bonds is 7. The zero-order valence-electron chi connectivity index (χ0n) is 16.2. The zero-order chi connectivity index (χ0) is 21.2. The Kier molecular flexibility index (Phi) is 5.99. The van der Waals surface area contributed by atoms with Crippen LogP contribution in [0.15, 0.2) is 41.3 Å². The molecule has 152 valence electrons. The van der Waals surface area contributed by atoms with E-state index in [1.165, 1.54) is 30.6 Å². The van der Waals surface area contributed by atoms with Crippen molar-refractivity contribution in [2.75, 3.05) is 18.7 Å². The Morgan fingerprint density at radius 1 is 1.14 bits per heavy atom. The molecule has 7 nitrogen and oxygen atoms in total. The lowest BCUT2D eigenvalue weighted by Crippen LogP contribution is -2.13. The minimum Gasteiger partial charge on any atom is -0.496 e. The summed E-state index contributed by atoms with van der Waals surface area (Å²) < 4.78 is 29.2. The Morgan fingerprint density at radius 3 is 2.59 bits per heavy atom. The molecule has 1 N–H and O–H groups in total. The number of ketones is 1. The Labute approximate surface area is 172 Å². The van der Waals surface area contributed by atoms with E-state index in [2.05, 4.69) is 10.3 Å². The number of aromatic nitrogens is 1. The van der Waals surface area contributed by atoms with Crippen LogP contribution in [-0.4, -0.2) is 38.5 Å². The average molecular weight is 433 g/mol. The third kappa shape index (κ3) is 4.99. The SMILES string of the molecule is COc1ccc(C)cc1C(=O)CCC(=O)Nc1nc2ccc(S(C)(=O)=O)cc2s1. The number of hydrogen-bond donors (Lipinski definition) is 1. The molecule has 3 rings (SSSR count). The molecule has 1 heterocycles. The fraction of sp³-hybridized carbons (Fsp3) is 0.250. The van der Waals surface area contributed by atoms with E-state index in [0.717, 1.165) is 11.8 Å². The van der Waals surface area contributed by atoms with Crippen LogP contribution in [0.4, 0.5) is 5.13 Å². The summed E-state index contributed by atoms with van der Waals surface area (Å²) in [5, 5.41) is 3.03. The minimum atomic E-state index is -3.32. The number of nitrogens with zero attached hydrogens (tertiary/aromatic N) is 1. The van der Waals surface area contributed by atoms with Gasteiger partial charge in [-0.05, 0) is 37.3 Å². The van der Waals surface area contributed by atoms with Gasteiger partial charge in [0.05, 0.1) is 27.8 Å². The smallest absolute Gasteiger partial charge is 0.226 e. The van der Waals surface area contributed by atoms with E-state index in [9.17, 15) is 18.0 Å². The molecular weight excluding hydrogens is 412 g/mol. The van der Waals surface area contributed by atoms with Gasteiger partial charge in [0.2, 0.25) is 5.91 Å². The van der Waals surface area contributed by atoms with Crippen LogP contribution in [0.1, 0.15) is 28.8 Å². The van der Waals surface area contributed by atoms with Gasteiger partial charge >= 0.3 is 0 Å². The number of hydrogen-bond acceptors (Lipinski definition) is 7. The summed E-state index contributed by atoms with van der Waals surface area (Å²) >= 11 is 1.18. The summed E-state index contributed by atoms with van der Waals surface area (Å²) in [5.41, 5.74) is 1.98. The van der Waals surface area contributed by atoms with Gasteiger partial charge in [0.1, 0.15) is 5.75 Å². The predicted molar refractivity (Wildman–Crippen MR) is 113 cm³/mol. The Bertz CT molecular complexity index is 1200.